The molecule has 1 amide bonds. The first-order valence-corrected chi connectivity index (χ1v) is 8.88. The lowest BCUT2D eigenvalue weighted by Gasteiger charge is -2.36. The van der Waals surface area contributed by atoms with Gasteiger partial charge in [0.1, 0.15) is 17.7 Å². The van der Waals surface area contributed by atoms with E-state index in [0.29, 0.717) is 18.9 Å². The standard InChI is InChI=1S/C20H26N4O/c1-12(2)16-10-18(23-20(22-16)13(3)4)24-11-15-8-6-5-7-14(15)9-17(24)19(21)25/h5-8,10,12-13,17H,9,11H2,1-4H3,(H2,21,25)/t17-/m1/s1. The number of amides is 1. The number of nitrogens with two attached hydrogens (primary N) is 1. The SMILES string of the molecule is CC(C)c1cc(N2Cc3ccccc3C[C@@H]2C(N)=O)nc(C(C)C)n1. The van der Waals surface area contributed by atoms with E-state index >= 15 is 0 Å². The minimum atomic E-state index is -0.384. The number of fused-ring (bicyclic) bond motifs is 1. The van der Waals surface area contributed by atoms with E-state index in [2.05, 4.69) is 44.8 Å². The summed E-state index contributed by atoms with van der Waals surface area (Å²) in [5.41, 5.74) is 9.12. The number of hydrogen-bond acceptors (Lipinski definition) is 4. The van der Waals surface area contributed by atoms with Crippen LogP contribution in [-0.4, -0.2) is 21.9 Å². The number of carbonyl (C=O) groups is 1. The summed E-state index contributed by atoms with van der Waals surface area (Å²) < 4.78 is 0. The number of aromatic nitrogens is 2. The minimum absolute atomic E-state index is 0.224. The second-order valence-corrected chi connectivity index (χ2v) is 7.34. The molecule has 0 radical (unpaired) electrons. The van der Waals surface area contributed by atoms with E-state index in [4.69, 9.17) is 10.7 Å². The van der Waals surface area contributed by atoms with Gasteiger partial charge in [-0.1, -0.05) is 52.0 Å². The maximum atomic E-state index is 12.1. The van der Waals surface area contributed by atoms with Crippen molar-refractivity contribution >= 4 is 11.7 Å². The van der Waals surface area contributed by atoms with Gasteiger partial charge < -0.3 is 10.6 Å². The molecule has 2 aromatic rings. The Bertz CT molecular complexity index is 759. The van der Waals surface area contributed by atoms with Gasteiger partial charge >= 0.3 is 0 Å². The van der Waals surface area contributed by atoms with Gasteiger partial charge in [0.2, 0.25) is 5.91 Å². The van der Waals surface area contributed by atoms with Gasteiger partial charge in [-0.25, -0.2) is 9.97 Å². The summed E-state index contributed by atoms with van der Waals surface area (Å²) in [5, 5.41) is 0. The summed E-state index contributed by atoms with van der Waals surface area (Å²) >= 11 is 0. The van der Waals surface area contributed by atoms with Crippen LogP contribution in [0.4, 0.5) is 5.82 Å². The molecule has 2 N–H and O–H groups in total. The highest BCUT2D eigenvalue weighted by Gasteiger charge is 2.31. The van der Waals surface area contributed by atoms with E-state index < -0.39 is 0 Å². The fraction of sp³-hybridized carbons (Fsp3) is 0.450. The molecular weight excluding hydrogens is 312 g/mol. The summed E-state index contributed by atoms with van der Waals surface area (Å²) in [6.45, 7) is 9.04. The summed E-state index contributed by atoms with van der Waals surface area (Å²) in [6, 6.07) is 9.83. The van der Waals surface area contributed by atoms with E-state index in [-0.39, 0.29) is 17.9 Å². The van der Waals surface area contributed by atoms with Crippen molar-refractivity contribution in [3.63, 3.8) is 0 Å². The van der Waals surface area contributed by atoms with Gasteiger partial charge in [0.25, 0.3) is 0 Å². The molecule has 1 aliphatic heterocycles. The zero-order chi connectivity index (χ0) is 18.1. The highest BCUT2D eigenvalue weighted by atomic mass is 16.1. The Morgan fingerprint density at radius 2 is 1.80 bits per heavy atom. The number of benzene rings is 1. The average molecular weight is 338 g/mol. The smallest absolute Gasteiger partial charge is 0.240 e. The lowest BCUT2D eigenvalue weighted by atomic mass is 9.93. The van der Waals surface area contributed by atoms with E-state index in [1.807, 2.05) is 23.1 Å². The molecule has 25 heavy (non-hydrogen) atoms. The Labute approximate surface area is 149 Å². The molecule has 0 fully saturated rings. The Kier molecular flexibility index (Phi) is 4.75. The molecule has 5 heteroatoms. The van der Waals surface area contributed by atoms with Crippen molar-refractivity contribution in [3.8, 4) is 0 Å². The first-order chi connectivity index (χ1) is 11.9. The van der Waals surface area contributed by atoms with Crippen molar-refractivity contribution in [1.82, 2.24) is 9.97 Å². The Hall–Kier alpha value is -2.43. The second-order valence-electron chi connectivity index (χ2n) is 7.34. The summed E-state index contributed by atoms with van der Waals surface area (Å²) in [4.78, 5) is 23.6. The molecule has 0 aliphatic carbocycles. The van der Waals surface area contributed by atoms with Crippen LogP contribution in [0.15, 0.2) is 30.3 Å². The Balaban J connectivity index is 2.08. The summed E-state index contributed by atoms with van der Waals surface area (Å²) in [7, 11) is 0. The second kappa shape index (κ2) is 6.82. The zero-order valence-electron chi connectivity index (χ0n) is 15.4. The molecule has 1 atom stereocenters. The van der Waals surface area contributed by atoms with Crippen LogP contribution in [0.2, 0.25) is 0 Å². The van der Waals surface area contributed by atoms with E-state index in [0.717, 1.165) is 17.3 Å². The maximum absolute atomic E-state index is 12.1. The van der Waals surface area contributed by atoms with Crippen LogP contribution in [0.3, 0.4) is 0 Å². The molecule has 0 spiro atoms. The predicted molar refractivity (Wildman–Crippen MR) is 99.5 cm³/mol. The molecule has 1 aromatic heterocycles. The van der Waals surface area contributed by atoms with Gasteiger partial charge in [-0.05, 0) is 17.0 Å². The zero-order valence-corrected chi connectivity index (χ0v) is 15.4. The first-order valence-electron chi connectivity index (χ1n) is 8.88. The van der Waals surface area contributed by atoms with Crippen LogP contribution < -0.4 is 10.6 Å². The monoisotopic (exact) mass is 338 g/mol. The van der Waals surface area contributed by atoms with Crippen LogP contribution >= 0.6 is 0 Å². The topological polar surface area (TPSA) is 72.1 Å². The normalized spacial score (nSPS) is 17.0. The molecule has 0 bridgehead atoms. The predicted octanol–water partition coefficient (Wildman–Crippen LogP) is 3.14. The Morgan fingerprint density at radius 1 is 1.12 bits per heavy atom. The van der Waals surface area contributed by atoms with Gasteiger partial charge in [0.15, 0.2) is 0 Å². The highest BCUT2D eigenvalue weighted by molar-refractivity contribution is 5.84. The van der Waals surface area contributed by atoms with Gasteiger partial charge in [0.05, 0.1) is 0 Å². The third-order valence-electron chi connectivity index (χ3n) is 4.73. The summed E-state index contributed by atoms with van der Waals surface area (Å²) in [6.07, 6.45) is 0.615. The third kappa shape index (κ3) is 3.50. The quantitative estimate of drug-likeness (QED) is 0.929. The lowest BCUT2D eigenvalue weighted by molar-refractivity contribution is -0.119. The van der Waals surface area contributed by atoms with E-state index in [9.17, 15) is 4.79 Å². The Morgan fingerprint density at radius 3 is 2.40 bits per heavy atom. The lowest BCUT2D eigenvalue weighted by Crippen LogP contribution is -2.49. The molecule has 1 aliphatic rings. The molecule has 132 valence electrons. The van der Waals surface area contributed by atoms with Crippen molar-refractivity contribution in [2.75, 3.05) is 4.90 Å². The van der Waals surface area contributed by atoms with E-state index in [1.54, 1.807) is 0 Å². The van der Waals surface area contributed by atoms with Crippen LogP contribution in [0.25, 0.3) is 0 Å². The molecule has 5 nitrogen and oxygen atoms in total. The molecule has 3 rings (SSSR count). The molecule has 2 heterocycles. The van der Waals surface area contributed by atoms with Crippen LogP contribution in [0.5, 0.6) is 0 Å². The van der Waals surface area contributed by atoms with Crippen molar-refractivity contribution in [2.45, 2.75) is 58.5 Å². The van der Waals surface area contributed by atoms with E-state index in [1.165, 1.54) is 11.1 Å². The van der Waals surface area contributed by atoms with Crippen molar-refractivity contribution < 1.29 is 4.79 Å². The largest absolute Gasteiger partial charge is 0.368 e. The number of anilines is 1. The van der Waals surface area contributed by atoms with Crippen LogP contribution in [-0.2, 0) is 17.8 Å². The minimum Gasteiger partial charge on any atom is -0.368 e. The van der Waals surface area contributed by atoms with Gasteiger partial charge in [-0.2, -0.15) is 0 Å². The highest BCUT2D eigenvalue weighted by Crippen LogP contribution is 2.29. The van der Waals surface area contributed by atoms with Gasteiger partial charge in [-0.3, -0.25) is 4.79 Å². The molecule has 0 unspecified atom stereocenters. The number of primary amides is 1. The van der Waals surface area contributed by atoms with Crippen molar-refractivity contribution in [3.05, 3.63) is 53.0 Å². The van der Waals surface area contributed by atoms with Crippen LogP contribution in [0.1, 0.15) is 62.2 Å². The van der Waals surface area contributed by atoms with Gasteiger partial charge in [-0.15, -0.1) is 0 Å². The molecule has 0 saturated heterocycles. The number of nitrogens with zero attached hydrogens (tertiary/aromatic N) is 3. The molecule has 0 saturated carbocycles. The van der Waals surface area contributed by atoms with Gasteiger partial charge in [0, 0.05) is 30.6 Å². The fourth-order valence-electron chi connectivity index (χ4n) is 3.19. The molecule has 1 aromatic carbocycles. The van der Waals surface area contributed by atoms with Crippen molar-refractivity contribution in [1.29, 1.82) is 0 Å². The first kappa shape index (κ1) is 17.4. The third-order valence-corrected chi connectivity index (χ3v) is 4.73. The van der Waals surface area contributed by atoms with Crippen molar-refractivity contribution in [2.24, 2.45) is 5.73 Å². The number of rotatable bonds is 4. The van der Waals surface area contributed by atoms with Crippen LogP contribution in [0, 0.1) is 0 Å². The average Bonchev–Trinajstić information content (AvgIpc) is 2.60. The summed E-state index contributed by atoms with van der Waals surface area (Å²) in [5.74, 6) is 1.80. The molecular formula is C20H26N4O. The number of carbonyl (C=O) groups excluding carboxylic acids is 1. The fourth-order valence-corrected chi connectivity index (χ4v) is 3.19. The maximum Gasteiger partial charge on any atom is 0.240 e. The number of hydrogen-bond donors (Lipinski definition) is 1.